The number of carbonyl (C=O) groups excluding carboxylic acids is 2. The first-order valence-electron chi connectivity index (χ1n) is 11.5. The lowest BCUT2D eigenvalue weighted by molar-refractivity contribution is -0.134. The maximum atomic E-state index is 15.0. The number of aromatic amines is 1. The number of pyridine rings is 2. The molecule has 0 aromatic carbocycles. The van der Waals surface area contributed by atoms with Crippen molar-refractivity contribution < 1.29 is 23.5 Å². The Balaban J connectivity index is 1.19. The molecule has 0 radical (unpaired) electrons. The number of nitrogens with zero attached hydrogens (tertiary/aromatic N) is 4. The van der Waals surface area contributed by atoms with E-state index in [-0.39, 0.29) is 42.7 Å². The molecule has 4 heterocycles. The third-order valence-electron chi connectivity index (χ3n) is 6.00. The van der Waals surface area contributed by atoms with Crippen LogP contribution in [0.25, 0.3) is 11.3 Å². The molecule has 10 nitrogen and oxygen atoms in total. The summed E-state index contributed by atoms with van der Waals surface area (Å²) in [6.07, 6.45) is 6.61. The first-order valence-corrected chi connectivity index (χ1v) is 11.5. The summed E-state index contributed by atoms with van der Waals surface area (Å²) in [5.41, 5.74) is 7.37. The number of halogens is 1. The van der Waals surface area contributed by atoms with Crippen LogP contribution in [0.2, 0.25) is 0 Å². The Morgan fingerprint density at radius 1 is 1.14 bits per heavy atom. The second kappa shape index (κ2) is 9.69. The first kappa shape index (κ1) is 22.8. The zero-order valence-corrected chi connectivity index (χ0v) is 18.9. The van der Waals surface area contributed by atoms with Gasteiger partial charge < -0.3 is 20.1 Å². The van der Waals surface area contributed by atoms with Crippen molar-refractivity contribution in [1.82, 2.24) is 25.1 Å². The number of amides is 2. The van der Waals surface area contributed by atoms with Gasteiger partial charge in [0.15, 0.2) is 11.9 Å². The lowest BCUT2D eigenvalue weighted by Gasteiger charge is -2.35. The SMILES string of the molecule is NC(=O)c1cc(-c2cn[nH]c2)ncc1O[C@@H]1CCN(C(=O)Cc2ccc(OC3CC3)cn2)C[C@@H]1F. The number of carbonyl (C=O) groups is 2. The number of primary amides is 1. The highest BCUT2D eigenvalue weighted by molar-refractivity contribution is 5.96. The van der Waals surface area contributed by atoms with Gasteiger partial charge in [0.1, 0.15) is 11.9 Å². The number of aromatic nitrogens is 4. The van der Waals surface area contributed by atoms with Crippen molar-refractivity contribution >= 4 is 11.8 Å². The summed E-state index contributed by atoms with van der Waals surface area (Å²) < 4.78 is 26.5. The molecule has 2 aliphatic rings. The van der Waals surface area contributed by atoms with E-state index in [1.54, 1.807) is 30.7 Å². The summed E-state index contributed by atoms with van der Waals surface area (Å²) in [6.45, 7) is 0.206. The van der Waals surface area contributed by atoms with Crippen LogP contribution in [-0.2, 0) is 11.2 Å². The number of hydrogen-bond acceptors (Lipinski definition) is 7. The number of ether oxygens (including phenoxy) is 2. The summed E-state index contributed by atoms with van der Waals surface area (Å²) in [5, 5.41) is 6.53. The second-order valence-electron chi connectivity index (χ2n) is 8.70. The number of H-pyrrole nitrogens is 1. The maximum Gasteiger partial charge on any atom is 0.252 e. The fraction of sp³-hybridized carbons (Fsp3) is 0.375. The van der Waals surface area contributed by atoms with Crippen LogP contribution >= 0.6 is 0 Å². The highest BCUT2D eigenvalue weighted by Gasteiger charge is 2.34. The molecule has 3 aromatic heterocycles. The zero-order chi connectivity index (χ0) is 24.4. The van der Waals surface area contributed by atoms with E-state index < -0.39 is 18.2 Å². The number of likely N-dealkylation sites (tertiary alicyclic amines) is 1. The summed E-state index contributed by atoms with van der Waals surface area (Å²) in [6, 6.07) is 5.04. The molecule has 182 valence electrons. The standard InChI is InChI=1S/C24H25FN6O4/c25-19-13-31(23(32)7-15-1-2-17(11-27-15)34-16-3-4-16)6-5-21(19)35-22-12-28-20(8-18(22)24(26)33)14-9-29-30-10-14/h1-2,8-12,16,19,21H,3-7,13H2,(H2,26,33)(H,29,30)/t19-,21+/m0/s1. The Kier molecular flexibility index (Phi) is 6.30. The van der Waals surface area contributed by atoms with Gasteiger partial charge in [0.2, 0.25) is 5.91 Å². The topological polar surface area (TPSA) is 136 Å². The van der Waals surface area contributed by atoms with E-state index in [9.17, 15) is 14.0 Å². The van der Waals surface area contributed by atoms with E-state index in [1.165, 1.54) is 17.2 Å². The molecule has 2 fully saturated rings. The Bertz CT molecular complexity index is 1200. The van der Waals surface area contributed by atoms with Crippen LogP contribution in [0.15, 0.2) is 43.0 Å². The summed E-state index contributed by atoms with van der Waals surface area (Å²) in [5.74, 6) is -0.127. The second-order valence-corrected chi connectivity index (χ2v) is 8.70. The van der Waals surface area contributed by atoms with Gasteiger partial charge in [-0.25, -0.2) is 4.39 Å². The molecular formula is C24H25FN6O4. The number of piperidine rings is 1. The van der Waals surface area contributed by atoms with Crippen LogP contribution in [0.1, 0.15) is 35.3 Å². The Morgan fingerprint density at radius 2 is 2.00 bits per heavy atom. The predicted octanol–water partition coefficient (Wildman–Crippen LogP) is 2.07. The number of nitrogens with two attached hydrogens (primary N) is 1. The van der Waals surface area contributed by atoms with Crippen LogP contribution in [0.5, 0.6) is 11.5 Å². The number of nitrogens with one attached hydrogen (secondary N) is 1. The minimum absolute atomic E-state index is 0.0766. The molecule has 0 unspecified atom stereocenters. The molecule has 2 atom stereocenters. The van der Waals surface area contributed by atoms with Gasteiger partial charge in [0.25, 0.3) is 5.91 Å². The highest BCUT2D eigenvalue weighted by atomic mass is 19.1. The molecule has 2 amide bonds. The van der Waals surface area contributed by atoms with Crippen molar-refractivity contribution in [2.45, 2.75) is 44.1 Å². The molecule has 1 aliphatic carbocycles. The first-order chi connectivity index (χ1) is 17.0. The van der Waals surface area contributed by atoms with E-state index in [1.807, 2.05) is 0 Å². The van der Waals surface area contributed by atoms with Gasteiger partial charge in [-0.3, -0.25) is 24.7 Å². The number of hydrogen-bond donors (Lipinski definition) is 2. The minimum atomic E-state index is -1.44. The summed E-state index contributed by atoms with van der Waals surface area (Å²) in [4.78, 5) is 34.7. The van der Waals surface area contributed by atoms with Crippen molar-refractivity contribution in [1.29, 1.82) is 0 Å². The number of alkyl halides is 1. The van der Waals surface area contributed by atoms with Crippen LogP contribution in [0.4, 0.5) is 4.39 Å². The van der Waals surface area contributed by atoms with E-state index in [0.29, 0.717) is 29.2 Å². The molecule has 3 N–H and O–H groups in total. The molecule has 1 aliphatic heterocycles. The van der Waals surface area contributed by atoms with Gasteiger partial charge in [-0.2, -0.15) is 5.10 Å². The smallest absolute Gasteiger partial charge is 0.252 e. The van der Waals surface area contributed by atoms with Crippen LogP contribution in [0.3, 0.4) is 0 Å². The lowest BCUT2D eigenvalue weighted by Crippen LogP contribution is -2.49. The highest BCUT2D eigenvalue weighted by Crippen LogP contribution is 2.28. The van der Waals surface area contributed by atoms with Crippen LogP contribution in [0, 0.1) is 0 Å². The minimum Gasteiger partial charge on any atom is -0.489 e. The zero-order valence-electron chi connectivity index (χ0n) is 18.9. The normalized spacial score (nSPS) is 19.9. The largest absolute Gasteiger partial charge is 0.489 e. The fourth-order valence-electron chi connectivity index (χ4n) is 3.91. The van der Waals surface area contributed by atoms with Gasteiger partial charge in [-0.1, -0.05) is 0 Å². The van der Waals surface area contributed by atoms with Crippen molar-refractivity contribution in [3.8, 4) is 22.8 Å². The van der Waals surface area contributed by atoms with Crippen LogP contribution in [-0.4, -0.2) is 68.3 Å². The summed E-state index contributed by atoms with van der Waals surface area (Å²) in [7, 11) is 0. The Labute approximate surface area is 200 Å². The van der Waals surface area contributed by atoms with Gasteiger partial charge in [-0.05, 0) is 31.0 Å². The average Bonchev–Trinajstić information content (AvgIpc) is 3.49. The predicted molar refractivity (Wildman–Crippen MR) is 122 cm³/mol. The molecule has 0 bridgehead atoms. The van der Waals surface area contributed by atoms with Crippen molar-refractivity contribution in [2.24, 2.45) is 5.73 Å². The van der Waals surface area contributed by atoms with E-state index >= 15 is 0 Å². The van der Waals surface area contributed by atoms with Gasteiger partial charge in [0.05, 0.1) is 48.9 Å². The molecule has 35 heavy (non-hydrogen) atoms. The lowest BCUT2D eigenvalue weighted by atomic mass is 10.0. The van der Waals surface area contributed by atoms with Crippen molar-refractivity contribution in [2.75, 3.05) is 13.1 Å². The van der Waals surface area contributed by atoms with Gasteiger partial charge >= 0.3 is 0 Å². The molecule has 1 saturated carbocycles. The van der Waals surface area contributed by atoms with Gasteiger partial charge in [0, 0.05) is 30.4 Å². The van der Waals surface area contributed by atoms with Crippen molar-refractivity contribution in [3.05, 3.63) is 54.2 Å². The van der Waals surface area contributed by atoms with E-state index in [2.05, 4.69) is 20.2 Å². The van der Waals surface area contributed by atoms with E-state index in [4.69, 9.17) is 15.2 Å². The molecule has 3 aromatic rings. The van der Waals surface area contributed by atoms with Crippen LogP contribution < -0.4 is 15.2 Å². The fourth-order valence-corrected chi connectivity index (χ4v) is 3.91. The average molecular weight is 481 g/mol. The monoisotopic (exact) mass is 480 g/mol. The third-order valence-corrected chi connectivity index (χ3v) is 6.00. The molecular weight excluding hydrogens is 455 g/mol. The molecule has 0 spiro atoms. The van der Waals surface area contributed by atoms with E-state index in [0.717, 1.165) is 12.8 Å². The molecule has 11 heteroatoms. The molecule has 5 rings (SSSR count). The summed E-state index contributed by atoms with van der Waals surface area (Å²) >= 11 is 0. The van der Waals surface area contributed by atoms with Crippen molar-refractivity contribution in [3.63, 3.8) is 0 Å². The number of rotatable bonds is 8. The maximum absolute atomic E-state index is 15.0. The van der Waals surface area contributed by atoms with Gasteiger partial charge in [-0.15, -0.1) is 0 Å². The Morgan fingerprint density at radius 3 is 2.66 bits per heavy atom. The molecule has 1 saturated heterocycles. The quantitative estimate of drug-likeness (QED) is 0.504. The third kappa shape index (κ3) is 5.39. The Hall–Kier alpha value is -4.02.